The van der Waals surface area contributed by atoms with Gasteiger partial charge in [0.25, 0.3) is 0 Å². The quantitative estimate of drug-likeness (QED) is 0.758. The molecule has 0 spiro atoms. The van der Waals surface area contributed by atoms with E-state index >= 15 is 0 Å². The lowest BCUT2D eigenvalue weighted by Crippen LogP contribution is -2.46. The molecule has 144 valence electrons. The normalized spacial score (nSPS) is 17.5. The van der Waals surface area contributed by atoms with Crippen LogP contribution in [0.1, 0.15) is 29.8 Å². The number of hydrogen-bond acceptors (Lipinski definition) is 4. The van der Waals surface area contributed by atoms with E-state index in [-0.39, 0.29) is 0 Å². The summed E-state index contributed by atoms with van der Waals surface area (Å²) in [4.78, 5) is 17.9. The van der Waals surface area contributed by atoms with E-state index in [0.29, 0.717) is 0 Å². The van der Waals surface area contributed by atoms with Crippen molar-refractivity contribution in [3.8, 4) is 11.4 Å². The minimum Gasteiger partial charge on any atom is -0.354 e. The van der Waals surface area contributed by atoms with E-state index in [1.807, 2.05) is 24.4 Å². The van der Waals surface area contributed by atoms with Gasteiger partial charge in [-0.15, -0.1) is 0 Å². The van der Waals surface area contributed by atoms with Gasteiger partial charge in [0.2, 0.25) is 0 Å². The van der Waals surface area contributed by atoms with Crippen LogP contribution in [0.25, 0.3) is 11.4 Å². The smallest absolute Gasteiger partial charge is 0.137 e. The first-order chi connectivity index (χ1) is 13.8. The number of hydrogen-bond donors (Lipinski definition) is 1. The number of aryl methyl sites for hydroxylation is 2. The fourth-order valence-corrected chi connectivity index (χ4v) is 4.30. The summed E-state index contributed by atoms with van der Waals surface area (Å²) in [6.45, 7) is 5.10. The Morgan fingerprint density at radius 3 is 2.57 bits per heavy atom. The van der Waals surface area contributed by atoms with E-state index in [2.05, 4.69) is 44.0 Å². The van der Waals surface area contributed by atoms with Crippen LogP contribution in [0.3, 0.4) is 0 Å². The Bertz CT molecular complexity index is 925. The number of anilines is 1. The summed E-state index contributed by atoms with van der Waals surface area (Å²) in [6.07, 6.45) is 6.91. The number of nitrogens with one attached hydrogen (secondary N) is 1. The van der Waals surface area contributed by atoms with E-state index in [1.165, 1.54) is 36.2 Å². The van der Waals surface area contributed by atoms with Crippen LogP contribution < -0.4 is 4.90 Å². The number of benzene rings is 1. The van der Waals surface area contributed by atoms with Crippen molar-refractivity contribution < 1.29 is 0 Å². The van der Waals surface area contributed by atoms with Gasteiger partial charge in [-0.3, -0.25) is 4.90 Å². The molecular formula is C23H27N5. The van der Waals surface area contributed by atoms with Crippen LogP contribution in [0.4, 0.5) is 5.82 Å². The monoisotopic (exact) mass is 373 g/mol. The first-order valence-electron chi connectivity index (χ1n) is 10.4. The number of rotatable bonds is 4. The molecule has 5 nitrogen and oxygen atoms in total. The Morgan fingerprint density at radius 1 is 0.893 bits per heavy atom. The molecule has 0 amide bonds. The molecule has 2 aromatic heterocycles. The Morgan fingerprint density at radius 2 is 1.71 bits per heavy atom. The van der Waals surface area contributed by atoms with Crippen molar-refractivity contribution in [1.82, 2.24) is 19.9 Å². The van der Waals surface area contributed by atoms with Crippen molar-refractivity contribution in [2.45, 2.75) is 32.2 Å². The zero-order valence-corrected chi connectivity index (χ0v) is 16.3. The Labute approximate surface area is 166 Å². The molecule has 0 bridgehead atoms. The van der Waals surface area contributed by atoms with Crippen molar-refractivity contribution in [1.29, 1.82) is 0 Å². The molecular weight excluding hydrogens is 346 g/mol. The lowest BCUT2D eigenvalue weighted by Gasteiger charge is -2.35. The number of aromatic amines is 1. The van der Waals surface area contributed by atoms with Crippen LogP contribution in [0.2, 0.25) is 0 Å². The fraction of sp³-hybridized carbons (Fsp3) is 0.391. The Hall–Kier alpha value is -2.66. The number of H-pyrrole nitrogens is 1. The van der Waals surface area contributed by atoms with Crippen LogP contribution in [-0.2, 0) is 19.4 Å². The molecule has 1 fully saturated rings. The second kappa shape index (κ2) is 7.76. The molecule has 0 unspecified atom stereocenters. The summed E-state index contributed by atoms with van der Waals surface area (Å²) < 4.78 is 0. The maximum atomic E-state index is 4.97. The third kappa shape index (κ3) is 3.67. The molecule has 1 aliphatic heterocycles. The summed E-state index contributed by atoms with van der Waals surface area (Å²) in [6, 6.07) is 14.8. The molecule has 1 N–H and O–H groups in total. The number of pyridine rings is 1. The number of imidazole rings is 1. The zero-order chi connectivity index (χ0) is 18.8. The van der Waals surface area contributed by atoms with E-state index in [1.54, 1.807) is 0 Å². The highest BCUT2D eigenvalue weighted by molar-refractivity contribution is 5.54. The number of fused-ring (bicyclic) bond motifs is 1. The van der Waals surface area contributed by atoms with Gasteiger partial charge in [0, 0.05) is 55.9 Å². The summed E-state index contributed by atoms with van der Waals surface area (Å²) in [7, 11) is 0. The fourth-order valence-electron chi connectivity index (χ4n) is 4.30. The molecule has 1 saturated heterocycles. The van der Waals surface area contributed by atoms with Gasteiger partial charge in [-0.1, -0.05) is 36.4 Å². The number of nitrogens with zero attached hydrogens (tertiary/aromatic N) is 4. The molecule has 0 saturated carbocycles. The topological polar surface area (TPSA) is 48.1 Å². The molecule has 5 rings (SSSR count). The van der Waals surface area contributed by atoms with Gasteiger partial charge in [0.1, 0.15) is 11.6 Å². The zero-order valence-electron chi connectivity index (χ0n) is 16.3. The third-order valence-electron chi connectivity index (χ3n) is 5.93. The van der Waals surface area contributed by atoms with Crippen LogP contribution in [0, 0.1) is 0 Å². The first-order valence-corrected chi connectivity index (χ1v) is 10.4. The Kier molecular flexibility index (Phi) is 4.83. The van der Waals surface area contributed by atoms with Crippen molar-refractivity contribution in [3.63, 3.8) is 0 Å². The lowest BCUT2D eigenvalue weighted by molar-refractivity contribution is 0.247. The maximum Gasteiger partial charge on any atom is 0.137 e. The molecule has 0 radical (unpaired) electrons. The summed E-state index contributed by atoms with van der Waals surface area (Å²) in [5.41, 5.74) is 5.11. The van der Waals surface area contributed by atoms with Crippen LogP contribution in [0.5, 0.6) is 0 Å². The minimum absolute atomic E-state index is 0.922. The third-order valence-corrected chi connectivity index (χ3v) is 5.93. The lowest BCUT2D eigenvalue weighted by atomic mass is 9.96. The SMILES string of the molecule is c1ccc(-c2ncc(CN3CCN(c4ccc5c(n4)CCCC5)CC3)[nH]2)cc1. The maximum absolute atomic E-state index is 4.97. The Balaban J connectivity index is 1.19. The highest BCUT2D eigenvalue weighted by atomic mass is 15.3. The molecule has 2 aliphatic rings. The van der Waals surface area contributed by atoms with Gasteiger partial charge in [-0.2, -0.15) is 0 Å². The molecule has 28 heavy (non-hydrogen) atoms. The van der Waals surface area contributed by atoms with E-state index < -0.39 is 0 Å². The second-order valence-electron chi connectivity index (χ2n) is 7.87. The highest BCUT2D eigenvalue weighted by Crippen LogP contribution is 2.24. The standard InChI is InChI=1S/C23H27N5/c1-2-7-19(8-3-1)23-24-16-20(25-23)17-27-12-14-28(15-13-27)22-11-10-18-6-4-5-9-21(18)26-22/h1-3,7-8,10-11,16H,4-6,9,12-15,17H2,(H,24,25). The van der Waals surface area contributed by atoms with Crippen molar-refractivity contribution in [2.24, 2.45) is 0 Å². The van der Waals surface area contributed by atoms with Gasteiger partial charge in [0.05, 0.1) is 0 Å². The molecule has 3 heterocycles. The van der Waals surface area contributed by atoms with E-state index in [0.717, 1.165) is 56.4 Å². The first kappa shape index (κ1) is 17.4. The van der Waals surface area contributed by atoms with Gasteiger partial charge in [0.15, 0.2) is 0 Å². The largest absolute Gasteiger partial charge is 0.354 e. The highest BCUT2D eigenvalue weighted by Gasteiger charge is 2.20. The summed E-state index contributed by atoms with van der Waals surface area (Å²) in [5.74, 6) is 2.11. The predicted octanol–water partition coefficient (Wildman–Crippen LogP) is 3.67. The van der Waals surface area contributed by atoms with Crippen molar-refractivity contribution in [3.05, 3.63) is 65.6 Å². The minimum atomic E-state index is 0.922. The van der Waals surface area contributed by atoms with Crippen LogP contribution in [0.15, 0.2) is 48.7 Å². The van der Waals surface area contributed by atoms with Gasteiger partial charge >= 0.3 is 0 Å². The van der Waals surface area contributed by atoms with E-state index in [4.69, 9.17) is 4.98 Å². The van der Waals surface area contributed by atoms with Crippen molar-refractivity contribution >= 4 is 5.82 Å². The number of aromatic nitrogens is 3. The molecule has 1 aromatic carbocycles. The average molecular weight is 374 g/mol. The van der Waals surface area contributed by atoms with Crippen molar-refractivity contribution in [2.75, 3.05) is 31.1 Å². The van der Waals surface area contributed by atoms with Crippen LogP contribution >= 0.6 is 0 Å². The molecule has 3 aromatic rings. The molecule has 0 atom stereocenters. The van der Waals surface area contributed by atoms with E-state index in [9.17, 15) is 0 Å². The predicted molar refractivity (Wildman–Crippen MR) is 112 cm³/mol. The average Bonchev–Trinajstić information content (AvgIpc) is 3.23. The molecule has 1 aliphatic carbocycles. The number of piperazine rings is 1. The van der Waals surface area contributed by atoms with Gasteiger partial charge in [-0.25, -0.2) is 9.97 Å². The summed E-state index contributed by atoms with van der Waals surface area (Å²) >= 11 is 0. The molecule has 5 heteroatoms. The van der Waals surface area contributed by atoms with Crippen LogP contribution in [-0.4, -0.2) is 46.0 Å². The van der Waals surface area contributed by atoms with Gasteiger partial charge in [-0.05, 0) is 37.3 Å². The summed E-state index contributed by atoms with van der Waals surface area (Å²) in [5, 5.41) is 0. The van der Waals surface area contributed by atoms with Gasteiger partial charge < -0.3 is 9.88 Å². The second-order valence-corrected chi connectivity index (χ2v) is 7.87.